The van der Waals surface area contributed by atoms with Gasteiger partial charge in [0.1, 0.15) is 5.52 Å². The Morgan fingerprint density at radius 1 is 1.15 bits per heavy atom. The molecule has 1 aliphatic rings. The van der Waals surface area contributed by atoms with Crippen LogP contribution in [0, 0.1) is 0 Å². The van der Waals surface area contributed by atoms with E-state index in [4.69, 9.17) is 4.42 Å². The molecule has 132 valence electrons. The smallest absolute Gasteiger partial charge is 0.287 e. The number of benzene rings is 2. The van der Waals surface area contributed by atoms with Gasteiger partial charge in [0.2, 0.25) is 5.89 Å². The molecule has 0 atom stereocenters. The molecule has 0 unspecified atom stereocenters. The quantitative estimate of drug-likeness (QED) is 0.569. The first-order chi connectivity index (χ1) is 12.5. The molecule has 0 bridgehead atoms. The van der Waals surface area contributed by atoms with Crippen LogP contribution in [0.3, 0.4) is 0 Å². The number of nitrogens with zero attached hydrogens (tertiary/aromatic N) is 2. The lowest BCUT2D eigenvalue weighted by Crippen LogP contribution is -2.47. The van der Waals surface area contributed by atoms with Crippen LogP contribution in [-0.4, -0.2) is 15.8 Å². The number of carbonyl (C=O) groups is 1. The van der Waals surface area contributed by atoms with Crippen molar-refractivity contribution in [1.82, 2.24) is 4.98 Å². The Labute approximate surface area is 156 Å². The van der Waals surface area contributed by atoms with Crippen molar-refractivity contribution in [1.29, 1.82) is 0 Å². The van der Waals surface area contributed by atoms with Crippen LogP contribution in [0.5, 0.6) is 0 Å². The summed E-state index contributed by atoms with van der Waals surface area (Å²) in [5.41, 5.74) is 4.42. The Morgan fingerprint density at radius 3 is 2.69 bits per heavy atom. The van der Waals surface area contributed by atoms with Crippen molar-refractivity contribution >= 4 is 39.4 Å². The second kappa shape index (κ2) is 6.32. The third-order valence-electron chi connectivity index (χ3n) is 4.56. The standard InChI is InChI=1S/C21H20N2O2S/c1-14-12-21(2,3)23(17-10-6-4-8-15(14)17)20(24)26-13-19-22-16-9-5-7-11-18(16)25-19/h4-12H,13H2,1-3H3. The lowest BCUT2D eigenvalue weighted by Gasteiger charge is -2.41. The van der Waals surface area contributed by atoms with Crippen molar-refractivity contribution in [2.75, 3.05) is 4.90 Å². The number of carbonyl (C=O) groups excluding carboxylic acids is 1. The topological polar surface area (TPSA) is 46.3 Å². The fraction of sp³-hybridized carbons (Fsp3) is 0.238. The maximum absolute atomic E-state index is 13.1. The van der Waals surface area contributed by atoms with E-state index in [-0.39, 0.29) is 10.8 Å². The van der Waals surface area contributed by atoms with Crippen molar-refractivity contribution in [3.63, 3.8) is 0 Å². The zero-order valence-corrected chi connectivity index (χ0v) is 15.8. The van der Waals surface area contributed by atoms with Crippen molar-refractivity contribution in [3.8, 4) is 0 Å². The maximum Gasteiger partial charge on any atom is 0.287 e. The fourth-order valence-corrected chi connectivity index (χ4v) is 4.32. The molecule has 2 heterocycles. The number of hydrogen-bond donors (Lipinski definition) is 0. The van der Waals surface area contributed by atoms with Gasteiger partial charge in [-0.1, -0.05) is 48.2 Å². The van der Waals surface area contributed by atoms with Crippen LogP contribution in [0.1, 0.15) is 32.2 Å². The Morgan fingerprint density at radius 2 is 1.88 bits per heavy atom. The Kier molecular flexibility index (Phi) is 4.11. The van der Waals surface area contributed by atoms with Crippen molar-refractivity contribution < 1.29 is 9.21 Å². The van der Waals surface area contributed by atoms with Gasteiger partial charge in [0.15, 0.2) is 5.58 Å². The Bertz CT molecular complexity index is 987. The van der Waals surface area contributed by atoms with E-state index in [1.54, 1.807) is 0 Å². The third-order valence-corrected chi connectivity index (χ3v) is 5.38. The van der Waals surface area contributed by atoms with Gasteiger partial charge in [0.05, 0.1) is 17.0 Å². The van der Waals surface area contributed by atoms with E-state index in [1.807, 2.05) is 47.4 Å². The fourth-order valence-electron chi connectivity index (χ4n) is 3.49. The molecule has 2 aromatic carbocycles. The molecule has 0 aliphatic carbocycles. The van der Waals surface area contributed by atoms with Gasteiger partial charge in [0.25, 0.3) is 5.24 Å². The molecule has 3 aromatic rings. The van der Waals surface area contributed by atoms with Crippen molar-refractivity contribution in [2.24, 2.45) is 0 Å². The van der Waals surface area contributed by atoms with E-state index in [2.05, 4.69) is 37.9 Å². The van der Waals surface area contributed by atoms with Gasteiger partial charge >= 0.3 is 0 Å². The van der Waals surface area contributed by atoms with E-state index in [0.29, 0.717) is 11.6 Å². The highest BCUT2D eigenvalue weighted by atomic mass is 32.2. The molecule has 4 rings (SSSR count). The minimum absolute atomic E-state index is 0.00606. The third kappa shape index (κ3) is 2.92. The van der Waals surface area contributed by atoms with Gasteiger partial charge < -0.3 is 4.42 Å². The van der Waals surface area contributed by atoms with Gasteiger partial charge in [-0.2, -0.15) is 0 Å². The van der Waals surface area contributed by atoms with Crippen molar-refractivity contribution in [3.05, 3.63) is 66.1 Å². The minimum atomic E-state index is -0.385. The lowest BCUT2D eigenvalue weighted by atomic mass is 9.89. The van der Waals surface area contributed by atoms with E-state index in [1.165, 1.54) is 17.3 Å². The summed E-state index contributed by atoms with van der Waals surface area (Å²) in [6.45, 7) is 6.21. The zero-order chi connectivity index (χ0) is 18.3. The highest BCUT2D eigenvalue weighted by molar-refractivity contribution is 8.13. The normalized spacial score (nSPS) is 15.7. The van der Waals surface area contributed by atoms with Gasteiger partial charge in [0, 0.05) is 5.56 Å². The van der Waals surface area contributed by atoms with Gasteiger partial charge in [-0.05, 0) is 44.5 Å². The number of hydrogen-bond acceptors (Lipinski definition) is 4. The number of allylic oxidation sites excluding steroid dienone is 1. The Hall–Kier alpha value is -2.53. The molecule has 0 radical (unpaired) electrons. The molecule has 0 saturated heterocycles. The molecular formula is C21H20N2O2S. The highest BCUT2D eigenvalue weighted by Crippen LogP contribution is 2.40. The molecule has 0 spiro atoms. The summed E-state index contributed by atoms with van der Waals surface area (Å²) in [4.78, 5) is 19.4. The number of thioether (sulfide) groups is 1. The van der Waals surface area contributed by atoms with Crippen LogP contribution in [-0.2, 0) is 5.75 Å². The number of fused-ring (bicyclic) bond motifs is 2. The van der Waals surface area contributed by atoms with E-state index in [0.717, 1.165) is 22.4 Å². The summed E-state index contributed by atoms with van der Waals surface area (Å²) < 4.78 is 5.73. The Balaban J connectivity index is 1.59. The van der Waals surface area contributed by atoms with Crippen LogP contribution in [0.2, 0.25) is 0 Å². The van der Waals surface area contributed by atoms with E-state index in [9.17, 15) is 4.79 Å². The average Bonchev–Trinajstić information content (AvgIpc) is 3.02. The largest absolute Gasteiger partial charge is 0.440 e. The summed E-state index contributed by atoms with van der Waals surface area (Å²) in [5, 5.41) is -0.00606. The van der Waals surface area contributed by atoms with E-state index >= 15 is 0 Å². The maximum atomic E-state index is 13.1. The zero-order valence-electron chi connectivity index (χ0n) is 15.0. The first-order valence-electron chi connectivity index (χ1n) is 8.56. The predicted octanol–water partition coefficient (Wildman–Crippen LogP) is 5.88. The van der Waals surface area contributed by atoms with E-state index < -0.39 is 0 Å². The molecule has 1 aromatic heterocycles. The molecule has 4 nitrogen and oxygen atoms in total. The highest BCUT2D eigenvalue weighted by Gasteiger charge is 2.35. The molecule has 5 heteroatoms. The number of anilines is 1. The van der Waals surface area contributed by atoms with Gasteiger partial charge in [-0.15, -0.1) is 0 Å². The predicted molar refractivity (Wildman–Crippen MR) is 107 cm³/mol. The molecule has 26 heavy (non-hydrogen) atoms. The molecule has 1 amide bonds. The SMILES string of the molecule is CC1=CC(C)(C)N(C(=O)SCc2nc3ccccc3o2)c2ccccc21. The number of oxazole rings is 1. The number of amides is 1. The number of para-hydroxylation sites is 3. The second-order valence-corrected chi connectivity index (χ2v) is 7.89. The van der Waals surface area contributed by atoms with Gasteiger partial charge in [-0.25, -0.2) is 4.98 Å². The number of aromatic nitrogens is 1. The molecule has 0 saturated carbocycles. The molecule has 1 aliphatic heterocycles. The minimum Gasteiger partial charge on any atom is -0.440 e. The monoisotopic (exact) mass is 364 g/mol. The number of rotatable bonds is 2. The molecule has 0 fully saturated rings. The molecule has 0 N–H and O–H groups in total. The molecular weight excluding hydrogens is 344 g/mol. The van der Waals surface area contributed by atoms with Gasteiger partial charge in [-0.3, -0.25) is 9.69 Å². The van der Waals surface area contributed by atoms with Crippen LogP contribution < -0.4 is 4.90 Å². The summed E-state index contributed by atoms with van der Waals surface area (Å²) in [6.07, 6.45) is 2.15. The van der Waals surface area contributed by atoms with Crippen LogP contribution >= 0.6 is 11.8 Å². The van der Waals surface area contributed by atoms with Crippen LogP contribution in [0.25, 0.3) is 16.7 Å². The lowest BCUT2D eigenvalue weighted by molar-refractivity contribution is 0.261. The first-order valence-corrected chi connectivity index (χ1v) is 9.54. The van der Waals surface area contributed by atoms with Crippen LogP contribution in [0.4, 0.5) is 10.5 Å². The summed E-state index contributed by atoms with van der Waals surface area (Å²) in [5.74, 6) is 0.977. The van der Waals surface area contributed by atoms with Crippen molar-refractivity contribution in [2.45, 2.75) is 32.1 Å². The summed E-state index contributed by atoms with van der Waals surface area (Å²) in [6, 6.07) is 15.7. The second-order valence-electron chi connectivity index (χ2n) is 6.96. The summed E-state index contributed by atoms with van der Waals surface area (Å²) in [7, 11) is 0. The average molecular weight is 364 g/mol. The first kappa shape index (κ1) is 16.9. The van der Waals surface area contributed by atoms with Crippen LogP contribution in [0.15, 0.2) is 59.0 Å². The summed E-state index contributed by atoms with van der Waals surface area (Å²) >= 11 is 1.22.